The predicted octanol–water partition coefficient (Wildman–Crippen LogP) is 3.70. The van der Waals surface area contributed by atoms with Crippen LogP contribution in [0, 0.1) is 6.92 Å². The fourth-order valence-electron chi connectivity index (χ4n) is 2.58. The third-order valence-corrected chi connectivity index (χ3v) is 4.04. The lowest BCUT2D eigenvalue weighted by atomic mass is 10.1. The molecule has 6 nitrogen and oxygen atoms in total. The molecular weight excluding hydrogens is 340 g/mol. The average Bonchev–Trinajstić information content (AvgIpc) is 2.69. The summed E-state index contributed by atoms with van der Waals surface area (Å²) in [5, 5.41) is 6.03. The molecule has 0 aliphatic carbocycles. The van der Waals surface area contributed by atoms with E-state index in [4.69, 9.17) is 4.74 Å². The Morgan fingerprint density at radius 1 is 1.07 bits per heavy atom. The molecule has 0 aliphatic heterocycles. The smallest absolute Gasteiger partial charge is 0.275 e. The number of carbonyl (C=O) groups is 1. The minimum atomic E-state index is -0.280. The van der Waals surface area contributed by atoms with Crippen molar-refractivity contribution in [2.45, 2.75) is 13.3 Å². The highest BCUT2D eigenvalue weighted by Crippen LogP contribution is 2.13. The van der Waals surface area contributed by atoms with Crippen molar-refractivity contribution in [3.8, 4) is 5.75 Å². The van der Waals surface area contributed by atoms with Crippen LogP contribution in [0.1, 0.15) is 21.6 Å². The molecule has 0 spiro atoms. The summed E-state index contributed by atoms with van der Waals surface area (Å²) in [6.45, 7) is 2.69. The molecule has 0 aliphatic rings. The Labute approximate surface area is 158 Å². The number of benzene rings is 2. The van der Waals surface area contributed by atoms with Gasteiger partial charge in [-0.2, -0.15) is 0 Å². The van der Waals surface area contributed by atoms with Crippen LogP contribution in [0.2, 0.25) is 0 Å². The van der Waals surface area contributed by atoms with E-state index in [1.807, 2.05) is 55.5 Å². The number of anilines is 2. The number of aromatic nitrogens is 2. The zero-order chi connectivity index (χ0) is 19.1. The molecule has 3 aromatic rings. The van der Waals surface area contributed by atoms with E-state index in [1.165, 1.54) is 11.8 Å². The molecule has 0 fully saturated rings. The van der Waals surface area contributed by atoms with E-state index in [1.54, 1.807) is 13.3 Å². The standard InChI is InChI=1S/C21H22N4O2/c1-15-4-3-5-17(12-15)25-21(26)19-13-24-20(14-23-19)22-11-10-16-6-8-18(27-2)9-7-16/h3-9,12-14H,10-11H2,1-2H3,(H,22,24)(H,25,26). The van der Waals surface area contributed by atoms with Crippen LogP contribution in [0.4, 0.5) is 11.5 Å². The molecule has 0 unspecified atom stereocenters. The van der Waals surface area contributed by atoms with Crippen molar-refractivity contribution in [1.29, 1.82) is 0 Å². The molecule has 1 heterocycles. The van der Waals surface area contributed by atoms with Crippen molar-refractivity contribution in [3.05, 3.63) is 77.7 Å². The molecule has 0 atom stereocenters. The summed E-state index contributed by atoms with van der Waals surface area (Å²) < 4.78 is 5.15. The van der Waals surface area contributed by atoms with Crippen molar-refractivity contribution in [1.82, 2.24) is 9.97 Å². The highest BCUT2D eigenvalue weighted by atomic mass is 16.5. The molecule has 0 radical (unpaired) electrons. The second-order valence-corrected chi connectivity index (χ2v) is 6.14. The second-order valence-electron chi connectivity index (χ2n) is 6.14. The lowest BCUT2D eigenvalue weighted by molar-refractivity contribution is 0.102. The highest BCUT2D eigenvalue weighted by Gasteiger charge is 2.08. The summed E-state index contributed by atoms with van der Waals surface area (Å²) in [5.41, 5.74) is 3.29. The first-order valence-electron chi connectivity index (χ1n) is 8.71. The van der Waals surface area contributed by atoms with Crippen LogP contribution in [0.5, 0.6) is 5.75 Å². The van der Waals surface area contributed by atoms with E-state index in [9.17, 15) is 4.79 Å². The molecule has 3 rings (SSSR count). The predicted molar refractivity (Wildman–Crippen MR) is 106 cm³/mol. The van der Waals surface area contributed by atoms with Crippen molar-refractivity contribution in [2.75, 3.05) is 24.3 Å². The van der Waals surface area contributed by atoms with Crippen LogP contribution in [0.3, 0.4) is 0 Å². The number of aryl methyl sites for hydroxylation is 1. The van der Waals surface area contributed by atoms with Gasteiger partial charge in [-0.25, -0.2) is 9.97 Å². The quantitative estimate of drug-likeness (QED) is 0.670. The van der Waals surface area contributed by atoms with E-state index in [2.05, 4.69) is 20.6 Å². The number of nitrogens with zero attached hydrogens (tertiary/aromatic N) is 2. The lowest BCUT2D eigenvalue weighted by Gasteiger charge is -2.08. The van der Waals surface area contributed by atoms with Gasteiger partial charge in [0.2, 0.25) is 0 Å². The third-order valence-electron chi connectivity index (χ3n) is 4.04. The summed E-state index contributed by atoms with van der Waals surface area (Å²) in [4.78, 5) is 20.7. The zero-order valence-electron chi connectivity index (χ0n) is 15.4. The summed E-state index contributed by atoms with van der Waals surface area (Å²) in [7, 11) is 1.65. The fraction of sp³-hybridized carbons (Fsp3) is 0.190. The number of nitrogens with one attached hydrogen (secondary N) is 2. The van der Waals surface area contributed by atoms with Gasteiger partial charge in [0.1, 0.15) is 17.3 Å². The largest absolute Gasteiger partial charge is 0.497 e. The maximum Gasteiger partial charge on any atom is 0.275 e. The lowest BCUT2D eigenvalue weighted by Crippen LogP contribution is -2.15. The number of ether oxygens (including phenoxy) is 1. The van der Waals surface area contributed by atoms with Crippen LogP contribution in [0.25, 0.3) is 0 Å². The monoisotopic (exact) mass is 362 g/mol. The van der Waals surface area contributed by atoms with Crippen molar-refractivity contribution < 1.29 is 9.53 Å². The maximum absolute atomic E-state index is 12.2. The van der Waals surface area contributed by atoms with Crippen LogP contribution in [-0.4, -0.2) is 29.5 Å². The van der Waals surface area contributed by atoms with Gasteiger partial charge in [-0.15, -0.1) is 0 Å². The number of rotatable bonds is 7. The summed E-state index contributed by atoms with van der Waals surface area (Å²) >= 11 is 0. The van der Waals surface area contributed by atoms with Gasteiger partial charge < -0.3 is 15.4 Å². The summed E-state index contributed by atoms with van der Waals surface area (Å²) in [5.74, 6) is 1.20. The van der Waals surface area contributed by atoms with Crippen LogP contribution >= 0.6 is 0 Å². The second kappa shape index (κ2) is 8.80. The Morgan fingerprint density at radius 2 is 1.89 bits per heavy atom. The van der Waals surface area contributed by atoms with Gasteiger partial charge in [0.05, 0.1) is 19.5 Å². The summed E-state index contributed by atoms with van der Waals surface area (Å²) in [6.07, 6.45) is 3.89. The molecule has 0 saturated heterocycles. The minimum absolute atomic E-state index is 0.275. The molecule has 0 saturated carbocycles. The normalized spacial score (nSPS) is 10.3. The van der Waals surface area contributed by atoms with E-state index in [-0.39, 0.29) is 11.6 Å². The molecule has 1 aromatic heterocycles. The maximum atomic E-state index is 12.2. The highest BCUT2D eigenvalue weighted by molar-refractivity contribution is 6.02. The van der Waals surface area contributed by atoms with Crippen molar-refractivity contribution in [2.24, 2.45) is 0 Å². The van der Waals surface area contributed by atoms with Gasteiger partial charge in [-0.1, -0.05) is 24.3 Å². The Hall–Kier alpha value is -3.41. The average molecular weight is 362 g/mol. The molecule has 2 N–H and O–H groups in total. The van der Waals surface area contributed by atoms with E-state index in [0.717, 1.165) is 30.0 Å². The SMILES string of the molecule is COc1ccc(CCNc2cnc(C(=O)Nc3cccc(C)c3)cn2)cc1. The van der Waals surface area contributed by atoms with Gasteiger partial charge in [0, 0.05) is 12.2 Å². The number of carbonyl (C=O) groups excluding carboxylic acids is 1. The van der Waals surface area contributed by atoms with Crippen molar-refractivity contribution in [3.63, 3.8) is 0 Å². The van der Waals surface area contributed by atoms with E-state index in [0.29, 0.717) is 5.82 Å². The molecular formula is C21H22N4O2. The topological polar surface area (TPSA) is 76.1 Å². The fourth-order valence-corrected chi connectivity index (χ4v) is 2.58. The van der Waals surface area contributed by atoms with Gasteiger partial charge in [0.15, 0.2) is 0 Å². The minimum Gasteiger partial charge on any atom is -0.497 e. The van der Waals surface area contributed by atoms with Gasteiger partial charge >= 0.3 is 0 Å². The number of hydrogen-bond acceptors (Lipinski definition) is 5. The Balaban J connectivity index is 1.51. The van der Waals surface area contributed by atoms with Crippen LogP contribution in [0.15, 0.2) is 60.9 Å². The molecule has 138 valence electrons. The first-order valence-corrected chi connectivity index (χ1v) is 8.71. The molecule has 0 bridgehead atoms. The Bertz CT molecular complexity index is 893. The Kier molecular flexibility index (Phi) is 5.99. The molecule has 2 aromatic carbocycles. The number of methoxy groups -OCH3 is 1. The van der Waals surface area contributed by atoms with Crippen LogP contribution in [-0.2, 0) is 6.42 Å². The van der Waals surface area contributed by atoms with Crippen LogP contribution < -0.4 is 15.4 Å². The zero-order valence-corrected chi connectivity index (χ0v) is 15.4. The molecule has 1 amide bonds. The Morgan fingerprint density at radius 3 is 2.56 bits per heavy atom. The van der Waals surface area contributed by atoms with E-state index >= 15 is 0 Å². The third kappa shape index (κ3) is 5.28. The van der Waals surface area contributed by atoms with Gasteiger partial charge in [-0.05, 0) is 48.7 Å². The van der Waals surface area contributed by atoms with Gasteiger partial charge in [-0.3, -0.25) is 4.79 Å². The number of hydrogen-bond donors (Lipinski definition) is 2. The molecule has 27 heavy (non-hydrogen) atoms. The summed E-state index contributed by atoms with van der Waals surface area (Å²) in [6, 6.07) is 15.6. The number of amides is 1. The molecule has 6 heteroatoms. The first-order chi connectivity index (χ1) is 13.1. The van der Waals surface area contributed by atoms with E-state index < -0.39 is 0 Å². The van der Waals surface area contributed by atoms with Crippen molar-refractivity contribution >= 4 is 17.4 Å². The first kappa shape index (κ1) is 18.4. The van der Waals surface area contributed by atoms with Gasteiger partial charge in [0.25, 0.3) is 5.91 Å².